The number of carbonyl (C=O) groups is 1. The molecular formula is C21H16N2O4S2. The number of carboxylic acid groups (broad SMARTS) is 1. The third-order valence-corrected chi connectivity index (χ3v) is 6.78. The highest BCUT2D eigenvalue weighted by Crippen LogP contribution is 2.36. The summed E-state index contributed by atoms with van der Waals surface area (Å²) >= 11 is 1.08. The van der Waals surface area contributed by atoms with Crippen LogP contribution in [0, 0.1) is 6.92 Å². The van der Waals surface area contributed by atoms with Crippen molar-refractivity contribution in [3.05, 3.63) is 77.3 Å². The summed E-state index contributed by atoms with van der Waals surface area (Å²) in [5.74, 6) is -1.09. The fourth-order valence-corrected chi connectivity index (χ4v) is 4.90. The lowest BCUT2D eigenvalue weighted by molar-refractivity contribution is 0.0696. The fourth-order valence-electron chi connectivity index (χ4n) is 2.99. The van der Waals surface area contributed by atoms with Crippen LogP contribution in [0.25, 0.3) is 21.3 Å². The smallest absolute Gasteiger partial charge is 0.365 e. The molecular weight excluding hydrogens is 408 g/mol. The van der Waals surface area contributed by atoms with Crippen molar-refractivity contribution in [1.29, 1.82) is 0 Å². The van der Waals surface area contributed by atoms with Crippen molar-refractivity contribution in [2.75, 3.05) is 4.72 Å². The van der Waals surface area contributed by atoms with E-state index in [-0.39, 0.29) is 9.90 Å². The van der Waals surface area contributed by atoms with Gasteiger partial charge in [0.15, 0.2) is 0 Å². The third-order valence-electron chi connectivity index (χ3n) is 4.39. The Bertz CT molecular complexity index is 1330. The second kappa shape index (κ2) is 7.31. The number of fused-ring (bicyclic) bond motifs is 1. The molecule has 0 aliphatic carbocycles. The summed E-state index contributed by atoms with van der Waals surface area (Å²) in [6.07, 6.45) is 0. The maximum Gasteiger partial charge on any atom is 0.365 e. The molecule has 8 heteroatoms. The zero-order valence-corrected chi connectivity index (χ0v) is 16.9. The summed E-state index contributed by atoms with van der Waals surface area (Å²) in [5.41, 5.74) is 3.17. The van der Waals surface area contributed by atoms with Crippen LogP contribution in [0.3, 0.4) is 0 Å². The van der Waals surface area contributed by atoms with Gasteiger partial charge in [-0.15, -0.1) is 11.3 Å². The molecule has 1 aromatic heterocycles. The van der Waals surface area contributed by atoms with E-state index in [4.69, 9.17) is 0 Å². The van der Waals surface area contributed by atoms with Crippen LogP contribution < -0.4 is 4.72 Å². The number of nitrogens with one attached hydrogen (secondary N) is 1. The van der Waals surface area contributed by atoms with Crippen LogP contribution in [-0.2, 0) is 10.0 Å². The maximum absolute atomic E-state index is 12.9. The summed E-state index contributed by atoms with van der Waals surface area (Å²) in [6.45, 7) is 1.89. The molecule has 0 saturated carbocycles. The van der Waals surface area contributed by atoms with E-state index in [1.54, 1.807) is 66.7 Å². The van der Waals surface area contributed by atoms with Crippen LogP contribution >= 0.6 is 11.3 Å². The van der Waals surface area contributed by atoms with Gasteiger partial charge in [0.1, 0.15) is 0 Å². The van der Waals surface area contributed by atoms with Crippen LogP contribution in [-0.4, -0.2) is 24.5 Å². The number of thiazole rings is 1. The predicted molar refractivity (Wildman–Crippen MR) is 114 cm³/mol. The minimum absolute atomic E-state index is 0.00910. The number of anilines is 1. The quantitative estimate of drug-likeness (QED) is 0.481. The van der Waals surface area contributed by atoms with Gasteiger partial charge in [0, 0.05) is 11.1 Å². The number of nitrogens with zero attached hydrogens (tertiary/aromatic N) is 1. The molecule has 0 unspecified atom stereocenters. The van der Waals surface area contributed by atoms with Gasteiger partial charge in [-0.05, 0) is 31.2 Å². The molecule has 0 aliphatic rings. The van der Waals surface area contributed by atoms with E-state index in [9.17, 15) is 18.3 Å². The number of carboxylic acids is 1. The molecule has 6 nitrogen and oxygen atoms in total. The SMILES string of the molecule is Cc1ccc(S(=O)(=O)Nc2ccccc2-c2cccc3sc(C(=O)O)nc23)cc1. The van der Waals surface area contributed by atoms with E-state index in [0.717, 1.165) is 21.6 Å². The van der Waals surface area contributed by atoms with Gasteiger partial charge in [0.05, 0.1) is 20.8 Å². The molecule has 146 valence electrons. The van der Waals surface area contributed by atoms with Crippen LogP contribution in [0.2, 0.25) is 0 Å². The highest BCUT2D eigenvalue weighted by molar-refractivity contribution is 7.92. The minimum atomic E-state index is -3.78. The molecule has 0 amide bonds. The average molecular weight is 425 g/mol. The topological polar surface area (TPSA) is 96.4 Å². The first-order chi connectivity index (χ1) is 13.8. The molecule has 4 aromatic rings. The predicted octanol–water partition coefficient (Wildman–Crippen LogP) is 4.77. The van der Waals surface area contributed by atoms with Gasteiger partial charge < -0.3 is 5.11 Å². The monoisotopic (exact) mass is 424 g/mol. The van der Waals surface area contributed by atoms with E-state index in [2.05, 4.69) is 9.71 Å². The van der Waals surface area contributed by atoms with Gasteiger partial charge in [0.2, 0.25) is 5.01 Å². The minimum Gasteiger partial charge on any atom is -0.476 e. The summed E-state index contributed by atoms with van der Waals surface area (Å²) < 4.78 is 29.1. The van der Waals surface area contributed by atoms with Crippen LogP contribution in [0.4, 0.5) is 5.69 Å². The Labute approximate surface area is 171 Å². The molecule has 4 rings (SSSR count). The van der Waals surface area contributed by atoms with Crippen LogP contribution in [0.5, 0.6) is 0 Å². The van der Waals surface area contributed by atoms with Crippen LogP contribution in [0.1, 0.15) is 15.4 Å². The molecule has 2 N–H and O–H groups in total. The second-order valence-electron chi connectivity index (χ2n) is 6.44. The molecule has 0 saturated heterocycles. The number of aryl methyl sites for hydroxylation is 1. The first-order valence-electron chi connectivity index (χ1n) is 8.67. The first kappa shape index (κ1) is 19.1. The van der Waals surface area contributed by atoms with Gasteiger partial charge in [-0.1, -0.05) is 48.0 Å². The molecule has 0 bridgehead atoms. The molecule has 29 heavy (non-hydrogen) atoms. The lowest BCUT2D eigenvalue weighted by Crippen LogP contribution is -2.13. The zero-order chi connectivity index (χ0) is 20.6. The molecule has 3 aromatic carbocycles. The number of sulfonamides is 1. The van der Waals surface area contributed by atoms with Gasteiger partial charge in [-0.3, -0.25) is 4.72 Å². The first-order valence-corrected chi connectivity index (χ1v) is 11.0. The third kappa shape index (κ3) is 3.72. The van der Waals surface area contributed by atoms with Gasteiger partial charge in [0.25, 0.3) is 10.0 Å². The zero-order valence-electron chi connectivity index (χ0n) is 15.3. The van der Waals surface area contributed by atoms with E-state index < -0.39 is 16.0 Å². The van der Waals surface area contributed by atoms with Crippen molar-refractivity contribution >= 4 is 43.2 Å². The Kier molecular flexibility index (Phi) is 4.81. The maximum atomic E-state index is 12.9. The van der Waals surface area contributed by atoms with Crippen molar-refractivity contribution < 1.29 is 18.3 Å². The number of benzene rings is 3. The van der Waals surface area contributed by atoms with Gasteiger partial charge >= 0.3 is 5.97 Å². The largest absolute Gasteiger partial charge is 0.476 e. The van der Waals surface area contributed by atoms with E-state index >= 15 is 0 Å². The van der Waals surface area contributed by atoms with Crippen molar-refractivity contribution in [1.82, 2.24) is 4.98 Å². The standard InChI is InChI=1S/C21H16N2O4S2/c1-13-9-11-14(12-10-13)29(26,27)23-17-7-3-2-5-15(17)16-6-4-8-18-19(16)22-20(28-18)21(24)25/h2-12,23H,1H3,(H,24,25). The average Bonchev–Trinajstić information content (AvgIpc) is 3.13. The lowest BCUT2D eigenvalue weighted by Gasteiger charge is -2.13. The van der Waals surface area contributed by atoms with E-state index in [1.807, 2.05) is 6.92 Å². The van der Waals surface area contributed by atoms with Crippen molar-refractivity contribution in [3.8, 4) is 11.1 Å². The van der Waals surface area contributed by atoms with E-state index in [1.165, 1.54) is 0 Å². The lowest BCUT2D eigenvalue weighted by atomic mass is 10.0. The molecule has 0 radical (unpaired) electrons. The number of aromatic carboxylic acids is 1. The van der Waals surface area contributed by atoms with Crippen molar-refractivity contribution in [2.24, 2.45) is 0 Å². The second-order valence-corrected chi connectivity index (χ2v) is 9.15. The number of para-hydroxylation sites is 2. The number of rotatable bonds is 5. The fraction of sp³-hybridized carbons (Fsp3) is 0.0476. The molecule has 0 aliphatic heterocycles. The Balaban J connectivity index is 1.81. The van der Waals surface area contributed by atoms with Crippen LogP contribution in [0.15, 0.2) is 71.6 Å². The Hall–Kier alpha value is -3.23. The Morgan fingerprint density at radius 3 is 2.38 bits per heavy atom. The number of hydrogen-bond donors (Lipinski definition) is 2. The normalized spacial score (nSPS) is 11.5. The molecule has 1 heterocycles. The summed E-state index contributed by atoms with van der Waals surface area (Å²) in [5, 5.41) is 9.25. The van der Waals surface area contributed by atoms with Gasteiger partial charge in [-0.2, -0.15) is 0 Å². The molecule has 0 fully saturated rings. The summed E-state index contributed by atoms with van der Waals surface area (Å²) in [4.78, 5) is 15.7. The number of hydrogen-bond acceptors (Lipinski definition) is 5. The van der Waals surface area contributed by atoms with Gasteiger partial charge in [-0.25, -0.2) is 18.2 Å². The molecule has 0 atom stereocenters. The molecule has 0 spiro atoms. The van der Waals surface area contributed by atoms with Crippen molar-refractivity contribution in [2.45, 2.75) is 11.8 Å². The highest BCUT2D eigenvalue weighted by Gasteiger charge is 2.19. The number of aromatic nitrogens is 1. The summed E-state index contributed by atoms with van der Waals surface area (Å²) in [7, 11) is -3.78. The van der Waals surface area contributed by atoms with Crippen molar-refractivity contribution in [3.63, 3.8) is 0 Å². The van der Waals surface area contributed by atoms with E-state index in [0.29, 0.717) is 22.3 Å². The Morgan fingerprint density at radius 2 is 1.66 bits per heavy atom. The summed E-state index contributed by atoms with van der Waals surface area (Å²) in [6, 6.07) is 19.0. The highest BCUT2D eigenvalue weighted by atomic mass is 32.2. The Morgan fingerprint density at radius 1 is 0.966 bits per heavy atom.